The number of amides is 1. The van der Waals surface area contributed by atoms with Crippen molar-refractivity contribution < 1.29 is 31.9 Å². The SMILES string of the molecule is COc1ccc(OC)c(C(=O)Nc2nc3cc(C(F)(F)F)ccc3n2Cc2ccco2)c1. The number of carbonyl (C=O) groups is 1. The molecule has 4 rings (SSSR count). The van der Waals surface area contributed by atoms with Gasteiger partial charge in [0.1, 0.15) is 17.3 Å². The second-order valence-corrected chi connectivity index (χ2v) is 6.82. The zero-order valence-electron chi connectivity index (χ0n) is 17.1. The van der Waals surface area contributed by atoms with E-state index in [4.69, 9.17) is 13.9 Å². The van der Waals surface area contributed by atoms with Gasteiger partial charge in [0.05, 0.1) is 49.2 Å². The third kappa shape index (κ3) is 4.11. The molecular formula is C22H18F3N3O4. The van der Waals surface area contributed by atoms with Crippen molar-refractivity contribution in [3.8, 4) is 11.5 Å². The molecule has 32 heavy (non-hydrogen) atoms. The van der Waals surface area contributed by atoms with Gasteiger partial charge in [-0.2, -0.15) is 13.2 Å². The fraction of sp³-hybridized carbons (Fsp3) is 0.182. The number of ether oxygens (including phenoxy) is 2. The highest BCUT2D eigenvalue weighted by Gasteiger charge is 2.31. The summed E-state index contributed by atoms with van der Waals surface area (Å²) in [5, 5.41) is 2.67. The van der Waals surface area contributed by atoms with Gasteiger partial charge in [0.2, 0.25) is 5.95 Å². The number of rotatable bonds is 6. The number of hydrogen-bond acceptors (Lipinski definition) is 5. The fourth-order valence-corrected chi connectivity index (χ4v) is 3.28. The number of carbonyl (C=O) groups excluding carboxylic acids is 1. The van der Waals surface area contributed by atoms with Crippen LogP contribution in [-0.2, 0) is 12.7 Å². The lowest BCUT2D eigenvalue weighted by molar-refractivity contribution is -0.137. The molecule has 0 aliphatic heterocycles. The normalized spacial score (nSPS) is 11.5. The van der Waals surface area contributed by atoms with E-state index < -0.39 is 17.6 Å². The van der Waals surface area contributed by atoms with Gasteiger partial charge in [-0.15, -0.1) is 0 Å². The monoisotopic (exact) mass is 445 g/mol. The van der Waals surface area contributed by atoms with Gasteiger partial charge < -0.3 is 18.5 Å². The van der Waals surface area contributed by atoms with Crippen molar-refractivity contribution in [1.82, 2.24) is 9.55 Å². The number of imidazole rings is 1. The lowest BCUT2D eigenvalue weighted by Crippen LogP contribution is -2.17. The van der Waals surface area contributed by atoms with Crippen LogP contribution in [0.1, 0.15) is 21.7 Å². The molecule has 0 radical (unpaired) electrons. The number of anilines is 1. The van der Waals surface area contributed by atoms with Crippen molar-refractivity contribution >= 4 is 22.9 Å². The maximum Gasteiger partial charge on any atom is 0.416 e. The maximum absolute atomic E-state index is 13.2. The Hall–Kier alpha value is -3.95. The van der Waals surface area contributed by atoms with Gasteiger partial charge in [-0.3, -0.25) is 10.1 Å². The third-order valence-electron chi connectivity index (χ3n) is 4.85. The molecule has 7 nitrogen and oxygen atoms in total. The van der Waals surface area contributed by atoms with Gasteiger partial charge in [0.25, 0.3) is 5.91 Å². The van der Waals surface area contributed by atoms with Crippen molar-refractivity contribution in [1.29, 1.82) is 0 Å². The van der Waals surface area contributed by atoms with E-state index in [1.165, 1.54) is 32.6 Å². The number of halogens is 3. The van der Waals surface area contributed by atoms with Crippen molar-refractivity contribution in [3.05, 3.63) is 71.7 Å². The molecule has 0 aliphatic carbocycles. The molecule has 0 fully saturated rings. The summed E-state index contributed by atoms with van der Waals surface area (Å²) in [6, 6.07) is 11.3. The quantitative estimate of drug-likeness (QED) is 0.454. The molecular weight excluding hydrogens is 427 g/mol. The molecule has 166 valence electrons. The van der Waals surface area contributed by atoms with Gasteiger partial charge >= 0.3 is 6.18 Å². The van der Waals surface area contributed by atoms with Crippen LogP contribution < -0.4 is 14.8 Å². The summed E-state index contributed by atoms with van der Waals surface area (Å²) in [7, 11) is 2.88. The number of fused-ring (bicyclic) bond motifs is 1. The number of nitrogens with zero attached hydrogens (tertiary/aromatic N) is 2. The zero-order chi connectivity index (χ0) is 22.9. The Morgan fingerprint density at radius 1 is 1.12 bits per heavy atom. The summed E-state index contributed by atoms with van der Waals surface area (Å²) in [4.78, 5) is 17.3. The van der Waals surface area contributed by atoms with E-state index in [1.54, 1.807) is 28.8 Å². The molecule has 0 saturated heterocycles. The van der Waals surface area contributed by atoms with E-state index in [1.807, 2.05) is 0 Å². The number of aromatic nitrogens is 2. The van der Waals surface area contributed by atoms with Crippen molar-refractivity contribution in [3.63, 3.8) is 0 Å². The van der Waals surface area contributed by atoms with Gasteiger partial charge in [-0.25, -0.2) is 4.98 Å². The highest BCUT2D eigenvalue weighted by Crippen LogP contribution is 2.33. The summed E-state index contributed by atoms with van der Waals surface area (Å²) in [5.74, 6) is 0.781. The van der Waals surface area contributed by atoms with Crippen LogP contribution in [-0.4, -0.2) is 29.7 Å². The van der Waals surface area contributed by atoms with Gasteiger partial charge in [0, 0.05) is 0 Å². The topological polar surface area (TPSA) is 78.5 Å². The molecule has 0 atom stereocenters. The van der Waals surface area contributed by atoms with Crippen LogP contribution in [0.4, 0.5) is 19.1 Å². The minimum Gasteiger partial charge on any atom is -0.497 e. The van der Waals surface area contributed by atoms with Gasteiger partial charge in [-0.05, 0) is 48.5 Å². The average Bonchev–Trinajstić information content (AvgIpc) is 3.40. The minimum atomic E-state index is -4.52. The average molecular weight is 445 g/mol. The standard InChI is InChI=1S/C22H18F3N3O4/c1-30-14-6-8-19(31-2)16(11-14)20(29)27-21-26-17-10-13(22(23,24)25)5-7-18(17)28(21)12-15-4-3-9-32-15/h3-11H,12H2,1-2H3,(H,26,27,29). The van der Waals surface area contributed by atoms with Crippen molar-refractivity contribution in [2.45, 2.75) is 12.7 Å². The Morgan fingerprint density at radius 3 is 2.59 bits per heavy atom. The van der Waals surface area contributed by atoms with E-state index in [-0.39, 0.29) is 23.6 Å². The second-order valence-electron chi connectivity index (χ2n) is 6.82. The minimum absolute atomic E-state index is 0.0607. The number of alkyl halides is 3. The van der Waals surface area contributed by atoms with Crippen LogP contribution in [0.15, 0.2) is 59.2 Å². The largest absolute Gasteiger partial charge is 0.497 e. The molecule has 10 heteroatoms. The first-order valence-electron chi connectivity index (χ1n) is 9.43. The summed E-state index contributed by atoms with van der Waals surface area (Å²) in [6.07, 6.45) is -3.04. The summed E-state index contributed by atoms with van der Waals surface area (Å²) < 4.78 is 56.9. The zero-order valence-corrected chi connectivity index (χ0v) is 17.1. The van der Waals surface area contributed by atoms with Crippen LogP contribution in [0.5, 0.6) is 11.5 Å². The predicted molar refractivity (Wildman–Crippen MR) is 110 cm³/mol. The third-order valence-corrected chi connectivity index (χ3v) is 4.85. The lowest BCUT2D eigenvalue weighted by atomic mass is 10.1. The molecule has 2 heterocycles. The van der Waals surface area contributed by atoms with E-state index >= 15 is 0 Å². The highest BCUT2D eigenvalue weighted by atomic mass is 19.4. The predicted octanol–water partition coefficient (Wildman–Crippen LogP) is 4.97. The molecule has 1 N–H and O–H groups in total. The summed E-state index contributed by atoms with van der Waals surface area (Å²) in [6.45, 7) is 0.153. The second kappa shape index (κ2) is 8.29. The first-order chi connectivity index (χ1) is 15.3. The number of nitrogens with one attached hydrogen (secondary N) is 1. The molecule has 2 aromatic heterocycles. The Morgan fingerprint density at radius 2 is 1.94 bits per heavy atom. The van der Waals surface area contributed by atoms with E-state index in [0.717, 1.165) is 12.1 Å². The van der Waals surface area contributed by atoms with Crippen LogP contribution >= 0.6 is 0 Å². The van der Waals surface area contributed by atoms with Crippen LogP contribution in [0.2, 0.25) is 0 Å². The smallest absolute Gasteiger partial charge is 0.416 e. The molecule has 0 saturated carbocycles. The van der Waals surface area contributed by atoms with Crippen LogP contribution in [0.25, 0.3) is 11.0 Å². The Bertz CT molecular complexity index is 1260. The lowest BCUT2D eigenvalue weighted by Gasteiger charge is -2.12. The molecule has 4 aromatic rings. The van der Waals surface area contributed by atoms with Crippen molar-refractivity contribution in [2.24, 2.45) is 0 Å². The number of hydrogen-bond donors (Lipinski definition) is 1. The van der Waals surface area contributed by atoms with Gasteiger partial charge in [0.15, 0.2) is 0 Å². The summed E-state index contributed by atoms with van der Waals surface area (Å²) >= 11 is 0. The van der Waals surface area contributed by atoms with Crippen LogP contribution in [0, 0.1) is 0 Å². The van der Waals surface area contributed by atoms with Gasteiger partial charge in [-0.1, -0.05) is 0 Å². The molecule has 0 unspecified atom stereocenters. The fourth-order valence-electron chi connectivity index (χ4n) is 3.28. The first-order valence-corrected chi connectivity index (χ1v) is 9.43. The van der Waals surface area contributed by atoms with Crippen molar-refractivity contribution in [2.75, 3.05) is 19.5 Å². The molecule has 1 amide bonds. The number of methoxy groups -OCH3 is 2. The maximum atomic E-state index is 13.2. The Kier molecular flexibility index (Phi) is 5.52. The van der Waals surface area contributed by atoms with Crippen LogP contribution in [0.3, 0.4) is 0 Å². The summed E-state index contributed by atoms with van der Waals surface area (Å²) in [5.41, 5.74) is -0.166. The number of benzene rings is 2. The molecule has 0 bridgehead atoms. The molecule has 0 aliphatic rings. The molecule has 2 aromatic carbocycles. The Balaban J connectivity index is 1.77. The Labute approximate surface area is 180 Å². The number of furan rings is 1. The van der Waals surface area contributed by atoms with E-state index in [0.29, 0.717) is 22.8 Å². The van der Waals surface area contributed by atoms with E-state index in [9.17, 15) is 18.0 Å². The van der Waals surface area contributed by atoms with E-state index in [2.05, 4.69) is 10.3 Å². The molecule has 0 spiro atoms. The first kappa shape index (κ1) is 21.3. The highest BCUT2D eigenvalue weighted by molar-refractivity contribution is 6.06.